The van der Waals surface area contributed by atoms with Gasteiger partial charge in [0, 0.05) is 35.0 Å². The molecule has 0 saturated carbocycles. The van der Waals surface area contributed by atoms with Crippen LogP contribution in [-0.4, -0.2) is 28.1 Å². The Kier molecular flexibility index (Phi) is 6.37. The molecule has 1 aliphatic heterocycles. The summed E-state index contributed by atoms with van der Waals surface area (Å²) in [5, 5.41) is 40.7. The summed E-state index contributed by atoms with van der Waals surface area (Å²) >= 11 is 0. The van der Waals surface area contributed by atoms with E-state index in [0.717, 1.165) is 0 Å². The van der Waals surface area contributed by atoms with E-state index in [1.807, 2.05) is 6.92 Å². The van der Waals surface area contributed by atoms with Gasteiger partial charge in [0.1, 0.15) is 5.78 Å². The number of aryl methyl sites for hydroxylation is 1. The van der Waals surface area contributed by atoms with Gasteiger partial charge in [-0.1, -0.05) is 0 Å². The number of fused-ring (bicyclic) bond motifs is 1. The number of ketones is 1. The number of amides is 1. The lowest BCUT2D eigenvalue weighted by Gasteiger charge is -2.38. The summed E-state index contributed by atoms with van der Waals surface area (Å²) in [6, 6.07) is 8.61. The van der Waals surface area contributed by atoms with Gasteiger partial charge >= 0.3 is 0 Å². The van der Waals surface area contributed by atoms with Crippen molar-refractivity contribution in [3.05, 3.63) is 63.5 Å². The number of hydrogen-bond acceptors (Lipinski definition) is 8. The van der Waals surface area contributed by atoms with Crippen LogP contribution in [-0.2, 0) is 17.6 Å². The SMILES string of the molecule is CC(=O)CCc1cc(N(O)O)c2c(c1)N(C(=O)c1ccc(N([O-])[O-])cc1)[C@H](C)CC2. The Bertz CT molecular complexity index is 943. The standard InChI is InChI=1S/C21H23N3O6/c1-13-3-10-18-19(11-15(5-4-14(2)25)12-20(18)24(29)30)22(13)21(26)16-6-8-17(9-7-16)23(27)28/h6-9,11-13,29-30H,3-5,10H2,1-2H3/q-2/t13-/m1/s1. The number of anilines is 3. The quantitative estimate of drug-likeness (QED) is 0.687. The molecule has 0 fully saturated rings. The van der Waals surface area contributed by atoms with Crippen molar-refractivity contribution in [2.75, 3.05) is 15.4 Å². The highest BCUT2D eigenvalue weighted by Gasteiger charge is 2.32. The van der Waals surface area contributed by atoms with Gasteiger partial charge in [0.2, 0.25) is 0 Å². The van der Waals surface area contributed by atoms with Crippen molar-refractivity contribution in [3.8, 4) is 0 Å². The van der Waals surface area contributed by atoms with Crippen molar-refractivity contribution in [1.29, 1.82) is 0 Å². The molecule has 0 spiro atoms. The van der Waals surface area contributed by atoms with E-state index in [2.05, 4.69) is 0 Å². The van der Waals surface area contributed by atoms with Gasteiger partial charge in [-0.25, -0.2) is 0 Å². The van der Waals surface area contributed by atoms with Gasteiger partial charge in [-0.05, 0) is 75.1 Å². The smallest absolute Gasteiger partial charge is 0.258 e. The van der Waals surface area contributed by atoms with Crippen LogP contribution in [0.4, 0.5) is 17.1 Å². The highest BCUT2D eigenvalue weighted by Crippen LogP contribution is 2.39. The average Bonchev–Trinajstić information content (AvgIpc) is 2.71. The fraction of sp³-hybridized carbons (Fsp3) is 0.333. The van der Waals surface area contributed by atoms with Gasteiger partial charge in [0.05, 0.1) is 5.69 Å². The first kappa shape index (κ1) is 21.7. The number of rotatable bonds is 6. The van der Waals surface area contributed by atoms with Gasteiger partial charge < -0.3 is 25.3 Å². The Balaban J connectivity index is 2.04. The second kappa shape index (κ2) is 8.80. The van der Waals surface area contributed by atoms with Crippen LogP contribution >= 0.6 is 0 Å². The number of carbonyl (C=O) groups is 2. The second-order valence-electron chi connectivity index (χ2n) is 7.47. The van der Waals surface area contributed by atoms with Gasteiger partial charge in [-0.2, -0.15) is 0 Å². The van der Waals surface area contributed by atoms with Gasteiger partial charge in [0.25, 0.3) is 5.91 Å². The Labute approximate surface area is 173 Å². The first-order valence-electron chi connectivity index (χ1n) is 9.60. The predicted octanol–water partition coefficient (Wildman–Crippen LogP) is 3.58. The van der Waals surface area contributed by atoms with E-state index in [1.54, 1.807) is 17.0 Å². The lowest BCUT2D eigenvalue weighted by Crippen LogP contribution is -2.42. The Hall–Kier alpha value is -2.98. The summed E-state index contributed by atoms with van der Waals surface area (Å²) in [4.78, 5) is 26.2. The molecule has 1 aliphatic rings. The van der Waals surface area contributed by atoms with E-state index >= 15 is 0 Å². The summed E-state index contributed by atoms with van der Waals surface area (Å²) in [5.74, 6) is -0.332. The number of Topliss-reactive ketones (excluding diaryl/α,β-unsaturated/α-hetero) is 1. The monoisotopic (exact) mass is 413 g/mol. The minimum atomic E-state index is -0.530. The van der Waals surface area contributed by atoms with Crippen LogP contribution in [0.1, 0.15) is 48.2 Å². The molecule has 2 aromatic rings. The molecule has 0 aliphatic carbocycles. The highest BCUT2D eigenvalue weighted by molar-refractivity contribution is 6.07. The molecule has 0 bridgehead atoms. The summed E-state index contributed by atoms with van der Waals surface area (Å²) in [6.45, 7) is 3.38. The first-order valence-corrected chi connectivity index (χ1v) is 9.60. The average molecular weight is 413 g/mol. The Morgan fingerprint density at radius 3 is 2.40 bits per heavy atom. The summed E-state index contributed by atoms with van der Waals surface area (Å²) in [6.07, 6.45) is 1.85. The molecule has 160 valence electrons. The molecule has 0 radical (unpaired) electrons. The fourth-order valence-corrected chi connectivity index (χ4v) is 3.71. The molecule has 9 nitrogen and oxygen atoms in total. The van der Waals surface area contributed by atoms with Crippen molar-refractivity contribution in [2.45, 2.75) is 45.6 Å². The van der Waals surface area contributed by atoms with Crippen molar-refractivity contribution >= 4 is 28.8 Å². The molecule has 0 saturated heterocycles. The Morgan fingerprint density at radius 2 is 1.83 bits per heavy atom. The van der Waals surface area contributed by atoms with Crippen LogP contribution < -0.4 is 15.4 Å². The summed E-state index contributed by atoms with van der Waals surface area (Å²) < 4.78 is 0. The maximum atomic E-state index is 13.3. The summed E-state index contributed by atoms with van der Waals surface area (Å²) in [5.41, 5.74) is 2.20. The van der Waals surface area contributed by atoms with Crippen molar-refractivity contribution < 1.29 is 20.0 Å². The van der Waals surface area contributed by atoms with Crippen LogP contribution in [0.25, 0.3) is 0 Å². The van der Waals surface area contributed by atoms with Crippen LogP contribution in [0.2, 0.25) is 0 Å². The Morgan fingerprint density at radius 1 is 1.17 bits per heavy atom. The molecule has 1 atom stereocenters. The van der Waals surface area contributed by atoms with Crippen LogP contribution in [0.15, 0.2) is 36.4 Å². The number of benzene rings is 2. The van der Waals surface area contributed by atoms with E-state index in [9.17, 15) is 30.4 Å². The van der Waals surface area contributed by atoms with Gasteiger partial charge in [0.15, 0.2) is 0 Å². The van der Waals surface area contributed by atoms with E-state index in [-0.39, 0.29) is 34.3 Å². The van der Waals surface area contributed by atoms with Crippen molar-refractivity contribution in [3.63, 3.8) is 0 Å². The zero-order chi connectivity index (χ0) is 22.0. The largest absolute Gasteiger partial charge is 0.769 e. The normalized spacial score (nSPS) is 15.5. The lowest BCUT2D eigenvalue weighted by molar-refractivity contribution is -0.116. The molecule has 0 aromatic heterocycles. The number of carbonyl (C=O) groups excluding carboxylic acids is 2. The van der Waals surface area contributed by atoms with E-state index in [4.69, 9.17) is 0 Å². The molecular weight excluding hydrogens is 390 g/mol. The zero-order valence-electron chi connectivity index (χ0n) is 16.7. The molecule has 3 rings (SSSR count). The van der Waals surface area contributed by atoms with Crippen LogP contribution in [0.5, 0.6) is 0 Å². The molecule has 2 aromatic carbocycles. The number of nitrogens with zero attached hydrogens (tertiary/aromatic N) is 3. The third-order valence-electron chi connectivity index (χ3n) is 5.30. The molecule has 30 heavy (non-hydrogen) atoms. The van der Waals surface area contributed by atoms with E-state index in [0.29, 0.717) is 48.1 Å². The predicted molar refractivity (Wildman–Crippen MR) is 112 cm³/mol. The minimum absolute atomic E-state index is 0.00584. The molecule has 1 amide bonds. The van der Waals surface area contributed by atoms with Gasteiger partial charge in [-0.3, -0.25) is 15.2 Å². The molecule has 1 heterocycles. The van der Waals surface area contributed by atoms with E-state index in [1.165, 1.54) is 31.2 Å². The van der Waals surface area contributed by atoms with Gasteiger partial charge in [-0.15, -0.1) is 5.23 Å². The summed E-state index contributed by atoms with van der Waals surface area (Å²) in [7, 11) is 0. The van der Waals surface area contributed by atoms with Crippen molar-refractivity contribution in [1.82, 2.24) is 0 Å². The third-order valence-corrected chi connectivity index (χ3v) is 5.30. The van der Waals surface area contributed by atoms with Crippen molar-refractivity contribution in [2.24, 2.45) is 0 Å². The maximum Gasteiger partial charge on any atom is 0.258 e. The first-order chi connectivity index (χ1) is 14.2. The third kappa shape index (κ3) is 4.44. The maximum absolute atomic E-state index is 13.3. The highest BCUT2D eigenvalue weighted by atomic mass is 16.8. The number of hydrogen-bond donors (Lipinski definition) is 2. The molecule has 0 unspecified atom stereocenters. The van der Waals surface area contributed by atoms with Crippen LogP contribution in [0, 0.1) is 10.4 Å². The fourth-order valence-electron chi connectivity index (χ4n) is 3.71. The molecule has 2 N–H and O–H groups in total. The van der Waals surface area contributed by atoms with E-state index < -0.39 is 5.23 Å². The molecule has 9 heteroatoms. The zero-order valence-corrected chi connectivity index (χ0v) is 16.7. The lowest BCUT2D eigenvalue weighted by atomic mass is 9.91. The minimum Gasteiger partial charge on any atom is -0.769 e. The second-order valence-corrected chi connectivity index (χ2v) is 7.47. The topological polar surface area (TPSA) is 130 Å². The van der Waals surface area contributed by atoms with Crippen LogP contribution in [0.3, 0.4) is 0 Å². The molecular formula is C21H23N3O6-2.